The molecule has 2 heteroatoms. The average molecular weight is 210 g/mol. The van der Waals surface area contributed by atoms with Gasteiger partial charge < -0.3 is 10.2 Å². The first-order chi connectivity index (χ1) is 7.40. The van der Waals surface area contributed by atoms with Gasteiger partial charge in [0.05, 0.1) is 0 Å². The van der Waals surface area contributed by atoms with E-state index in [9.17, 15) is 0 Å². The highest BCUT2D eigenvalue weighted by molar-refractivity contribution is 4.87. The van der Waals surface area contributed by atoms with E-state index in [4.69, 9.17) is 0 Å². The van der Waals surface area contributed by atoms with Crippen LogP contribution in [-0.2, 0) is 0 Å². The summed E-state index contributed by atoms with van der Waals surface area (Å²) >= 11 is 0. The van der Waals surface area contributed by atoms with E-state index in [1.807, 2.05) is 0 Å². The van der Waals surface area contributed by atoms with Crippen LogP contribution in [0.5, 0.6) is 0 Å². The van der Waals surface area contributed by atoms with Crippen molar-refractivity contribution in [1.29, 1.82) is 0 Å². The van der Waals surface area contributed by atoms with Gasteiger partial charge in [-0.15, -0.1) is 0 Å². The first kappa shape index (κ1) is 11.4. The van der Waals surface area contributed by atoms with E-state index in [1.54, 1.807) is 0 Å². The number of hydrogen-bond acceptors (Lipinski definition) is 2. The molecule has 1 aliphatic heterocycles. The van der Waals surface area contributed by atoms with Crippen molar-refractivity contribution in [2.45, 2.75) is 64.0 Å². The normalized spacial score (nSPS) is 33.4. The van der Waals surface area contributed by atoms with Crippen LogP contribution < -0.4 is 5.32 Å². The van der Waals surface area contributed by atoms with Crippen LogP contribution >= 0.6 is 0 Å². The van der Waals surface area contributed by atoms with Gasteiger partial charge in [-0.25, -0.2) is 0 Å². The second-order valence-electron chi connectivity index (χ2n) is 5.21. The van der Waals surface area contributed by atoms with Crippen LogP contribution in [0.1, 0.15) is 51.9 Å². The molecule has 1 heterocycles. The lowest BCUT2D eigenvalue weighted by atomic mass is 10.1. The van der Waals surface area contributed by atoms with Gasteiger partial charge in [0.25, 0.3) is 0 Å². The number of nitrogens with one attached hydrogen (secondary N) is 1. The summed E-state index contributed by atoms with van der Waals surface area (Å²) in [6.07, 6.45) is 9.83. The van der Waals surface area contributed by atoms with Crippen LogP contribution in [0, 0.1) is 0 Å². The van der Waals surface area contributed by atoms with Crippen LogP contribution in [0.15, 0.2) is 0 Å². The van der Waals surface area contributed by atoms with Crippen LogP contribution in [-0.4, -0.2) is 36.6 Å². The molecule has 0 amide bonds. The zero-order chi connectivity index (χ0) is 10.5. The summed E-state index contributed by atoms with van der Waals surface area (Å²) in [6, 6.07) is 1.72. The molecule has 0 aromatic carbocycles. The van der Waals surface area contributed by atoms with E-state index in [-0.39, 0.29) is 0 Å². The van der Waals surface area contributed by atoms with Crippen molar-refractivity contribution in [3.8, 4) is 0 Å². The standard InChI is InChI=1S/C13H26N2/c1-2-8-14-12-6-7-13(11-12)15-9-4-3-5-10-15/h12-14H,2-11H2,1H3. The zero-order valence-corrected chi connectivity index (χ0v) is 10.2. The lowest BCUT2D eigenvalue weighted by molar-refractivity contribution is 0.163. The zero-order valence-electron chi connectivity index (χ0n) is 10.2. The van der Waals surface area contributed by atoms with Crippen molar-refractivity contribution >= 4 is 0 Å². The predicted octanol–water partition coefficient (Wildman–Crippen LogP) is 2.39. The molecule has 0 radical (unpaired) electrons. The van der Waals surface area contributed by atoms with E-state index >= 15 is 0 Å². The Kier molecular flexibility index (Phi) is 4.45. The molecule has 88 valence electrons. The maximum absolute atomic E-state index is 3.67. The Morgan fingerprint density at radius 3 is 2.67 bits per heavy atom. The second-order valence-corrected chi connectivity index (χ2v) is 5.21. The van der Waals surface area contributed by atoms with Crippen molar-refractivity contribution in [3.63, 3.8) is 0 Å². The molecule has 1 saturated heterocycles. The monoisotopic (exact) mass is 210 g/mol. The molecule has 0 spiro atoms. The topological polar surface area (TPSA) is 15.3 Å². The molecule has 2 rings (SSSR count). The smallest absolute Gasteiger partial charge is 0.0111 e. The summed E-state index contributed by atoms with van der Waals surface area (Å²) in [6.45, 7) is 6.19. The van der Waals surface area contributed by atoms with Crippen molar-refractivity contribution < 1.29 is 0 Å². The quantitative estimate of drug-likeness (QED) is 0.766. The summed E-state index contributed by atoms with van der Waals surface area (Å²) in [5.74, 6) is 0. The van der Waals surface area contributed by atoms with Gasteiger partial charge in [-0.1, -0.05) is 13.3 Å². The molecular formula is C13H26N2. The van der Waals surface area contributed by atoms with Gasteiger partial charge in [-0.3, -0.25) is 0 Å². The summed E-state index contributed by atoms with van der Waals surface area (Å²) in [7, 11) is 0. The third-order valence-corrected chi connectivity index (χ3v) is 4.00. The maximum Gasteiger partial charge on any atom is 0.0111 e. The van der Waals surface area contributed by atoms with Crippen molar-refractivity contribution in [1.82, 2.24) is 10.2 Å². The van der Waals surface area contributed by atoms with Crippen molar-refractivity contribution in [2.75, 3.05) is 19.6 Å². The third-order valence-electron chi connectivity index (χ3n) is 4.00. The van der Waals surface area contributed by atoms with E-state index in [1.165, 1.54) is 64.6 Å². The van der Waals surface area contributed by atoms with Gasteiger partial charge in [0.15, 0.2) is 0 Å². The minimum atomic E-state index is 0.817. The van der Waals surface area contributed by atoms with E-state index < -0.39 is 0 Å². The molecule has 1 aliphatic carbocycles. The summed E-state index contributed by atoms with van der Waals surface area (Å²) in [5.41, 5.74) is 0. The van der Waals surface area contributed by atoms with Crippen molar-refractivity contribution in [2.24, 2.45) is 0 Å². The van der Waals surface area contributed by atoms with Gasteiger partial charge in [-0.05, 0) is 58.2 Å². The van der Waals surface area contributed by atoms with Crippen LogP contribution in [0.3, 0.4) is 0 Å². The molecule has 0 bridgehead atoms. The minimum absolute atomic E-state index is 0.817. The molecule has 2 nitrogen and oxygen atoms in total. The Morgan fingerprint density at radius 1 is 1.13 bits per heavy atom. The Bertz CT molecular complexity index is 175. The molecular weight excluding hydrogens is 184 g/mol. The van der Waals surface area contributed by atoms with Gasteiger partial charge in [0.2, 0.25) is 0 Å². The number of piperidine rings is 1. The molecule has 1 saturated carbocycles. The first-order valence-corrected chi connectivity index (χ1v) is 6.87. The summed E-state index contributed by atoms with van der Waals surface area (Å²) in [5, 5.41) is 3.67. The van der Waals surface area contributed by atoms with Gasteiger partial charge in [0.1, 0.15) is 0 Å². The molecule has 2 atom stereocenters. The molecule has 2 fully saturated rings. The van der Waals surface area contributed by atoms with E-state index in [2.05, 4.69) is 17.1 Å². The van der Waals surface area contributed by atoms with Crippen LogP contribution in [0.4, 0.5) is 0 Å². The molecule has 1 N–H and O–H groups in total. The predicted molar refractivity (Wildman–Crippen MR) is 65.1 cm³/mol. The first-order valence-electron chi connectivity index (χ1n) is 6.87. The average Bonchev–Trinajstić information content (AvgIpc) is 2.76. The number of nitrogens with zero attached hydrogens (tertiary/aromatic N) is 1. The Hall–Kier alpha value is -0.0800. The molecule has 0 aromatic rings. The number of rotatable bonds is 4. The van der Waals surface area contributed by atoms with E-state index in [0.29, 0.717) is 0 Å². The minimum Gasteiger partial charge on any atom is -0.314 e. The Balaban J connectivity index is 1.71. The van der Waals surface area contributed by atoms with Gasteiger partial charge in [0, 0.05) is 12.1 Å². The summed E-state index contributed by atoms with van der Waals surface area (Å²) in [4.78, 5) is 2.75. The molecule has 15 heavy (non-hydrogen) atoms. The highest BCUT2D eigenvalue weighted by Crippen LogP contribution is 2.26. The summed E-state index contributed by atoms with van der Waals surface area (Å²) < 4.78 is 0. The Labute approximate surface area is 94.4 Å². The van der Waals surface area contributed by atoms with Gasteiger partial charge >= 0.3 is 0 Å². The van der Waals surface area contributed by atoms with Crippen molar-refractivity contribution in [3.05, 3.63) is 0 Å². The fraction of sp³-hybridized carbons (Fsp3) is 1.00. The molecule has 0 aromatic heterocycles. The third kappa shape index (κ3) is 3.18. The second kappa shape index (κ2) is 5.86. The lowest BCUT2D eigenvalue weighted by Crippen LogP contribution is -2.39. The Morgan fingerprint density at radius 2 is 1.93 bits per heavy atom. The highest BCUT2D eigenvalue weighted by Gasteiger charge is 2.29. The lowest BCUT2D eigenvalue weighted by Gasteiger charge is -2.32. The largest absolute Gasteiger partial charge is 0.314 e. The SMILES string of the molecule is CCCNC1CCC(N2CCCCC2)C1. The molecule has 2 aliphatic rings. The molecule has 2 unspecified atom stereocenters. The fourth-order valence-electron chi connectivity index (χ4n) is 3.11. The fourth-order valence-corrected chi connectivity index (χ4v) is 3.11. The number of hydrogen-bond donors (Lipinski definition) is 1. The van der Waals surface area contributed by atoms with Crippen LogP contribution in [0.25, 0.3) is 0 Å². The van der Waals surface area contributed by atoms with Gasteiger partial charge in [-0.2, -0.15) is 0 Å². The maximum atomic E-state index is 3.67. The number of likely N-dealkylation sites (tertiary alicyclic amines) is 1. The highest BCUT2D eigenvalue weighted by atomic mass is 15.2. The van der Waals surface area contributed by atoms with E-state index in [0.717, 1.165) is 12.1 Å². The van der Waals surface area contributed by atoms with Crippen LogP contribution in [0.2, 0.25) is 0 Å².